The van der Waals surface area contributed by atoms with E-state index in [1.807, 2.05) is 37.3 Å². The van der Waals surface area contributed by atoms with E-state index < -0.39 is 0 Å². The van der Waals surface area contributed by atoms with Crippen molar-refractivity contribution in [3.8, 4) is 11.5 Å². The van der Waals surface area contributed by atoms with Crippen LogP contribution in [0.4, 0.5) is 0 Å². The third kappa shape index (κ3) is 6.64. The van der Waals surface area contributed by atoms with Gasteiger partial charge in [-0.05, 0) is 65.9 Å². The Morgan fingerprint density at radius 2 is 1.33 bits per heavy atom. The smallest absolute Gasteiger partial charge is 0.119 e. The Balaban J connectivity index is 1.59. The topological polar surface area (TPSA) is 38.7 Å². The first kappa shape index (κ1) is 21.4. The number of rotatable bonds is 9. The first-order valence-electron chi connectivity index (χ1n) is 10.2. The number of aryl methyl sites for hydroxylation is 1. The molecule has 0 heterocycles. The highest BCUT2D eigenvalue weighted by Crippen LogP contribution is 2.19. The van der Waals surface area contributed by atoms with Crippen molar-refractivity contribution in [2.75, 3.05) is 19.8 Å². The third-order valence-electron chi connectivity index (χ3n) is 4.69. The van der Waals surface area contributed by atoms with Gasteiger partial charge < -0.3 is 14.6 Å². The molecule has 3 heteroatoms. The van der Waals surface area contributed by atoms with E-state index in [1.54, 1.807) is 12.1 Å². The summed E-state index contributed by atoms with van der Waals surface area (Å²) in [5, 5.41) is 9.37. The van der Waals surface area contributed by atoms with Crippen molar-refractivity contribution in [3.63, 3.8) is 0 Å². The number of hydrogen-bond acceptors (Lipinski definition) is 3. The molecule has 0 unspecified atom stereocenters. The van der Waals surface area contributed by atoms with Crippen LogP contribution in [0, 0.1) is 6.92 Å². The first-order valence-corrected chi connectivity index (χ1v) is 10.2. The lowest BCUT2D eigenvalue weighted by Gasteiger charge is -2.06. The molecule has 0 aliphatic carbocycles. The lowest BCUT2D eigenvalue weighted by atomic mass is 10.0. The predicted molar refractivity (Wildman–Crippen MR) is 126 cm³/mol. The van der Waals surface area contributed by atoms with Crippen LogP contribution >= 0.6 is 0 Å². The van der Waals surface area contributed by atoms with Gasteiger partial charge in [0.05, 0.1) is 6.61 Å². The molecule has 0 aliphatic heterocycles. The Morgan fingerprint density at radius 1 is 0.733 bits per heavy atom. The van der Waals surface area contributed by atoms with Crippen LogP contribution in [0.3, 0.4) is 0 Å². The highest BCUT2D eigenvalue weighted by Gasteiger charge is 1.98. The molecule has 0 fully saturated rings. The molecule has 1 N–H and O–H groups in total. The normalized spacial score (nSPS) is 11.4. The molecule has 154 valence electrons. The van der Waals surface area contributed by atoms with Crippen molar-refractivity contribution in [1.82, 2.24) is 0 Å². The van der Waals surface area contributed by atoms with Crippen LogP contribution < -0.4 is 4.74 Å². The highest BCUT2D eigenvalue weighted by atomic mass is 16.5. The zero-order chi connectivity index (χ0) is 21.2. The molecule has 3 aromatic rings. The minimum Gasteiger partial charge on any atom is -0.508 e. The van der Waals surface area contributed by atoms with Gasteiger partial charge >= 0.3 is 0 Å². The second kappa shape index (κ2) is 11.0. The molecule has 0 saturated heterocycles. The molecular weight excluding hydrogens is 372 g/mol. The fourth-order valence-electron chi connectivity index (χ4n) is 2.99. The van der Waals surface area contributed by atoms with E-state index in [9.17, 15) is 5.11 Å². The standard InChI is InChI=1S/C27H28O3/c1-3-29-18-19-30-27-16-10-23(11-17-27)6-12-25-13-7-24(20-21(25)2)5-4-22-8-14-26(28)15-9-22/h4-17,20,28H,3,18-19H2,1-2H3/b5-4+,12-6+. The maximum absolute atomic E-state index is 9.37. The van der Waals surface area contributed by atoms with Gasteiger partial charge in [-0.3, -0.25) is 0 Å². The van der Waals surface area contributed by atoms with Crippen molar-refractivity contribution in [3.05, 3.63) is 94.5 Å². The molecule has 0 aliphatic rings. The minimum atomic E-state index is 0.280. The Kier molecular flexibility index (Phi) is 7.87. The maximum atomic E-state index is 9.37. The Morgan fingerprint density at radius 3 is 2.00 bits per heavy atom. The molecule has 0 aromatic heterocycles. The lowest BCUT2D eigenvalue weighted by molar-refractivity contribution is 0.110. The van der Waals surface area contributed by atoms with E-state index in [0.717, 1.165) is 22.4 Å². The summed E-state index contributed by atoms with van der Waals surface area (Å²) >= 11 is 0. The van der Waals surface area contributed by atoms with Crippen molar-refractivity contribution >= 4 is 24.3 Å². The third-order valence-corrected chi connectivity index (χ3v) is 4.69. The molecule has 0 atom stereocenters. The first-order chi connectivity index (χ1) is 14.6. The van der Waals surface area contributed by atoms with E-state index in [2.05, 4.69) is 55.5 Å². The van der Waals surface area contributed by atoms with Gasteiger partial charge in [0, 0.05) is 6.61 Å². The summed E-state index contributed by atoms with van der Waals surface area (Å²) in [7, 11) is 0. The van der Waals surface area contributed by atoms with E-state index in [-0.39, 0.29) is 5.75 Å². The number of benzene rings is 3. The molecule has 0 amide bonds. The van der Waals surface area contributed by atoms with E-state index in [4.69, 9.17) is 9.47 Å². The van der Waals surface area contributed by atoms with Crippen molar-refractivity contribution in [2.45, 2.75) is 13.8 Å². The van der Waals surface area contributed by atoms with Crippen LogP contribution in [0.2, 0.25) is 0 Å². The van der Waals surface area contributed by atoms with Crippen molar-refractivity contribution < 1.29 is 14.6 Å². The number of phenols is 1. The van der Waals surface area contributed by atoms with Gasteiger partial charge in [0.1, 0.15) is 18.1 Å². The molecule has 0 saturated carbocycles. The van der Waals surface area contributed by atoms with Gasteiger partial charge in [-0.25, -0.2) is 0 Å². The van der Waals surface area contributed by atoms with Crippen LogP contribution in [0.25, 0.3) is 24.3 Å². The van der Waals surface area contributed by atoms with E-state index in [1.165, 1.54) is 11.1 Å². The highest BCUT2D eigenvalue weighted by molar-refractivity contribution is 5.74. The fourth-order valence-corrected chi connectivity index (χ4v) is 2.99. The molecule has 30 heavy (non-hydrogen) atoms. The van der Waals surface area contributed by atoms with Crippen LogP contribution in [0.5, 0.6) is 11.5 Å². The summed E-state index contributed by atoms with van der Waals surface area (Å²) in [4.78, 5) is 0. The lowest BCUT2D eigenvalue weighted by Crippen LogP contribution is -2.06. The maximum Gasteiger partial charge on any atom is 0.119 e. The SMILES string of the molecule is CCOCCOc1ccc(/C=C/c2ccc(/C=C/c3ccc(O)cc3)cc2C)cc1. The van der Waals surface area contributed by atoms with Crippen molar-refractivity contribution in [2.24, 2.45) is 0 Å². The Labute approximate surface area is 178 Å². The largest absolute Gasteiger partial charge is 0.508 e. The molecule has 3 rings (SSSR count). The quantitative estimate of drug-likeness (QED) is 0.331. The Hall–Kier alpha value is -3.30. The summed E-state index contributed by atoms with van der Waals surface area (Å²) in [6.45, 7) is 5.98. The van der Waals surface area contributed by atoms with Gasteiger partial charge in [-0.2, -0.15) is 0 Å². The van der Waals surface area contributed by atoms with Gasteiger partial charge in [0.2, 0.25) is 0 Å². The molecule has 0 radical (unpaired) electrons. The molecule has 3 aromatic carbocycles. The van der Waals surface area contributed by atoms with Crippen LogP contribution in [0.15, 0.2) is 66.7 Å². The summed E-state index contributed by atoms with van der Waals surface area (Å²) in [5.41, 5.74) is 5.73. The van der Waals surface area contributed by atoms with Crippen LogP contribution in [0.1, 0.15) is 34.7 Å². The zero-order valence-electron chi connectivity index (χ0n) is 17.5. The number of aromatic hydroxyl groups is 1. The van der Waals surface area contributed by atoms with E-state index in [0.29, 0.717) is 19.8 Å². The monoisotopic (exact) mass is 400 g/mol. The zero-order valence-corrected chi connectivity index (χ0v) is 17.5. The predicted octanol–water partition coefficient (Wildman–Crippen LogP) is 6.46. The fraction of sp³-hybridized carbons (Fsp3) is 0.185. The van der Waals surface area contributed by atoms with Crippen LogP contribution in [-0.4, -0.2) is 24.9 Å². The number of phenolic OH excluding ortho intramolecular Hbond substituents is 1. The number of ether oxygens (including phenoxy) is 2. The Bertz CT molecular complexity index is 984. The van der Waals surface area contributed by atoms with Crippen LogP contribution in [-0.2, 0) is 4.74 Å². The minimum absolute atomic E-state index is 0.280. The summed E-state index contributed by atoms with van der Waals surface area (Å²) < 4.78 is 10.9. The molecule has 3 nitrogen and oxygen atoms in total. The van der Waals surface area contributed by atoms with Gasteiger partial charge in [-0.1, -0.05) is 66.8 Å². The van der Waals surface area contributed by atoms with Gasteiger partial charge in [0.25, 0.3) is 0 Å². The number of hydrogen-bond donors (Lipinski definition) is 1. The second-order valence-electron chi connectivity index (χ2n) is 6.99. The van der Waals surface area contributed by atoms with Crippen molar-refractivity contribution in [1.29, 1.82) is 0 Å². The molecule has 0 bridgehead atoms. The van der Waals surface area contributed by atoms with Gasteiger partial charge in [0.15, 0.2) is 0 Å². The van der Waals surface area contributed by atoms with E-state index >= 15 is 0 Å². The van der Waals surface area contributed by atoms with Gasteiger partial charge in [-0.15, -0.1) is 0 Å². The summed E-state index contributed by atoms with van der Waals surface area (Å²) in [6, 6.07) is 21.7. The molecule has 0 spiro atoms. The summed E-state index contributed by atoms with van der Waals surface area (Å²) in [5.74, 6) is 1.13. The molecular formula is C27H28O3. The average Bonchev–Trinajstić information content (AvgIpc) is 2.76. The average molecular weight is 401 g/mol. The summed E-state index contributed by atoms with van der Waals surface area (Å²) in [6.07, 6.45) is 8.37. The second-order valence-corrected chi connectivity index (χ2v) is 6.99.